The Morgan fingerprint density at radius 2 is 2.15 bits per heavy atom. The van der Waals surface area contributed by atoms with Crippen LogP contribution in [0, 0.1) is 0 Å². The van der Waals surface area contributed by atoms with Crippen molar-refractivity contribution in [1.82, 2.24) is 4.90 Å². The molecule has 5 heteroatoms. The van der Waals surface area contributed by atoms with Crippen LogP contribution in [0.15, 0.2) is 5.11 Å². The fourth-order valence-electron chi connectivity index (χ4n) is 1.20. The van der Waals surface area contributed by atoms with Crippen molar-refractivity contribution >= 4 is 0 Å². The molecular formula is C8H18N4O. The maximum absolute atomic E-state index is 8.74. The lowest BCUT2D eigenvalue weighted by atomic mass is 10.3. The van der Waals surface area contributed by atoms with Gasteiger partial charge in [0, 0.05) is 18.0 Å². The highest BCUT2D eigenvalue weighted by molar-refractivity contribution is 4.57. The van der Waals surface area contributed by atoms with Crippen molar-refractivity contribution in [2.24, 2.45) is 5.11 Å². The highest BCUT2D eigenvalue weighted by atomic mass is 16.3. The second-order valence-electron chi connectivity index (χ2n) is 2.87. The molecular weight excluding hydrogens is 168 g/mol. The summed E-state index contributed by atoms with van der Waals surface area (Å²) in [6.45, 7) is 5.45. The average molecular weight is 186 g/mol. The highest BCUT2D eigenvalue weighted by Crippen LogP contribution is 1.94. The second kappa shape index (κ2) is 9.32. The molecule has 0 rings (SSSR count). The number of azide groups is 1. The molecule has 0 saturated carbocycles. The normalized spacial score (nSPS) is 10.1. The first-order chi connectivity index (χ1) is 6.35. The van der Waals surface area contributed by atoms with Crippen molar-refractivity contribution in [2.75, 3.05) is 32.8 Å². The summed E-state index contributed by atoms with van der Waals surface area (Å²) >= 11 is 0. The van der Waals surface area contributed by atoms with E-state index in [4.69, 9.17) is 10.6 Å². The Labute approximate surface area is 79.0 Å². The third kappa shape index (κ3) is 7.59. The van der Waals surface area contributed by atoms with E-state index in [-0.39, 0.29) is 6.61 Å². The second-order valence-corrected chi connectivity index (χ2v) is 2.87. The first-order valence-corrected chi connectivity index (χ1v) is 4.69. The molecule has 1 N–H and O–H groups in total. The molecule has 0 amide bonds. The first-order valence-electron chi connectivity index (χ1n) is 4.69. The van der Waals surface area contributed by atoms with E-state index in [0.717, 1.165) is 25.9 Å². The summed E-state index contributed by atoms with van der Waals surface area (Å²) in [5.41, 5.74) is 8.04. The van der Waals surface area contributed by atoms with Crippen LogP contribution < -0.4 is 0 Å². The van der Waals surface area contributed by atoms with E-state index in [9.17, 15) is 0 Å². The SMILES string of the molecule is CCCN(CCO)CCCN=[N+]=[N-]. The molecule has 0 aliphatic heterocycles. The Bertz CT molecular complexity index is 150. The van der Waals surface area contributed by atoms with Gasteiger partial charge in [-0.05, 0) is 31.5 Å². The van der Waals surface area contributed by atoms with Crippen molar-refractivity contribution in [3.8, 4) is 0 Å². The van der Waals surface area contributed by atoms with Crippen molar-refractivity contribution in [2.45, 2.75) is 19.8 Å². The van der Waals surface area contributed by atoms with E-state index >= 15 is 0 Å². The van der Waals surface area contributed by atoms with Gasteiger partial charge in [-0.3, -0.25) is 0 Å². The lowest BCUT2D eigenvalue weighted by Gasteiger charge is -2.19. The molecule has 76 valence electrons. The Balaban J connectivity index is 3.48. The number of hydrogen-bond donors (Lipinski definition) is 1. The summed E-state index contributed by atoms with van der Waals surface area (Å²) in [5, 5.41) is 12.2. The van der Waals surface area contributed by atoms with Gasteiger partial charge in [0.05, 0.1) is 6.61 Å². The fraction of sp³-hybridized carbons (Fsp3) is 1.00. The zero-order chi connectivity index (χ0) is 9.94. The quantitative estimate of drug-likeness (QED) is 0.269. The molecule has 0 spiro atoms. The van der Waals surface area contributed by atoms with Crippen LogP contribution >= 0.6 is 0 Å². The van der Waals surface area contributed by atoms with E-state index in [1.807, 2.05) is 0 Å². The molecule has 0 aliphatic rings. The van der Waals surface area contributed by atoms with Gasteiger partial charge in [0.15, 0.2) is 0 Å². The van der Waals surface area contributed by atoms with E-state index in [1.165, 1.54) is 0 Å². The molecule has 0 fully saturated rings. The summed E-state index contributed by atoms with van der Waals surface area (Å²) in [4.78, 5) is 4.86. The fourth-order valence-corrected chi connectivity index (χ4v) is 1.20. The predicted octanol–water partition coefficient (Wildman–Crippen LogP) is 1.39. The van der Waals surface area contributed by atoms with Crippen LogP contribution in [0.5, 0.6) is 0 Å². The van der Waals surface area contributed by atoms with Crippen molar-refractivity contribution in [3.05, 3.63) is 10.4 Å². The number of rotatable bonds is 8. The van der Waals surface area contributed by atoms with E-state index in [2.05, 4.69) is 21.8 Å². The average Bonchev–Trinajstić information content (AvgIpc) is 2.13. The predicted molar refractivity (Wildman–Crippen MR) is 52.4 cm³/mol. The Hall–Kier alpha value is -0.770. The van der Waals surface area contributed by atoms with E-state index in [1.54, 1.807) is 0 Å². The Morgan fingerprint density at radius 3 is 2.69 bits per heavy atom. The van der Waals surface area contributed by atoms with Gasteiger partial charge in [0.1, 0.15) is 0 Å². The highest BCUT2D eigenvalue weighted by Gasteiger charge is 2.00. The lowest BCUT2D eigenvalue weighted by Crippen LogP contribution is -2.29. The first kappa shape index (κ1) is 12.2. The third-order valence-electron chi connectivity index (χ3n) is 1.75. The number of aliphatic hydroxyl groups is 1. The molecule has 5 nitrogen and oxygen atoms in total. The maximum atomic E-state index is 8.74. The molecule has 0 aromatic carbocycles. The monoisotopic (exact) mass is 186 g/mol. The van der Waals surface area contributed by atoms with E-state index < -0.39 is 0 Å². The molecule has 0 bridgehead atoms. The lowest BCUT2D eigenvalue weighted by molar-refractivity contribution is 0.195. The summed E-state index contributed by atoms with van der Waals surface area (Å²) in [6.07, 6.45) is 1.95. The van der Waals surface area contributed by atoms with Crippen LogP contribution in [-0.4, -0.2) is 42.8 Å². The van der Waals surface area contributed by atoms with Crippen molar-refractivity contribution in [1.29, 1.82) is 0 Å². The topological polar surface area (TPSA) is 72.2 Å². The molecule has 0 aromatic heterocycles. The van der Waals surface area contributed by atoms with Gasteiger partial charge in [-0.2, -0.15) is 0 Å². The van der Waals surface area contributed by atoms with Crippen LogP contribution in [0.25, 0.3) is 10.4 Å². The zero-order valence-electron chi connectivity index (χ0n) is 8.19. The molecule has 13 heavy (non-hydrogen) atoms. The summed E-state index contributed by atoms with van der Waals surface area (Å²) in [7, 11) is 0. The zero-order valence-corrected chi connectivity index (χ0v) is 8.19. The van der Waals surface area contributed by atoms with Crippen molar-refractivity contribution in [3.63, 3.8) is 0 Å². The number of aliphatic hydroxyl groups excluding tert-OH is 1. The van der Waals surface area contributed by atoms with Gasteiger partial charge in [-0.25, -0.2) is 0 Å². The minimum Gasteiger partial charge on any atom is -0.395 e. The molecule has 0 radical (unpaired) electrons. The van der Waals surface area contributed by atoms with Crippen LogP contribution in [0.4, 0.5) is 0 Å². The molecule has 0 unspecified atom stereocenters. The van der Waals surface area contributed by atoms with Gasteiger partial charge in [-0.1, -0.05) is 12.0 Å². The van der Waals surface area contributed by atoms with Crippen LogP contribution in [0.1, 0.15) is 19.8 Å². The van der Waals surface area contributed by atoms with Gasteiger partial charge < -0.3 is 10.0 Å². The molecule has 0 aromatic rings. The summed E-state index contributed by atoms with van der Waals surface area (Å²) in [5.74, 6) is 0. The Morgan fingerprint density at radius 1 is 1.38 bits per heavy atom. The van der Waals surface area contributed by atoms with Crippen LogP contribution in [0.3, 0.4) is 0 Å². The smallest absolute Gasteiger partial charge is 0.0558 e. The van der Waals surface area contributed by atoms with Crippen LogP contribution in [-0.2, 0) is 0 Å². The Kier molecular flexibility index (Phi) is 8.77. The molecule has 0 saturated heterocycles. The summed E-state index contributed by atoms with van der Waals surface area (Å²) < 4.78 is 0. The molecule has 0 atom stereocenters. The van der Waals surface area contributed by atoms with Gasteiger partial charge in [0.2, 0.25) is 0 Å². The number of nitrogens with zero attached hydrogens (tertiary/aromatic N) is 4. The van der Waals surface area contributed by atoms with Crippen LogP contribution in [0.2, 0.25) is 0 Å². The van der Waals surface area contributed by atoms with Gasteiger partial charge in [0.25, 0.3) is 0 Å². The standard InChI is InChI=1S/C8H18N4O/c1-2-5-12(7-8-13)6-3-4-10-11-9/h13H,2-8H2,1H3. The minimum absolute atomic E-state index is 0.196. The van der Waals surface area contributed by atoms with Gasteiger partial charge >= 0.3 is 0 Å². The minimum atomic E-state index is 0.196. The largest absolute Gasteiger partial charge is 0.395 e. The number of hydrogen-bond acceptors (Lipinski definition) is 3. The maximum Gasteiger partial charge on any atom is 0.0558 e. The third-order valence-corrected chi connectivity index (χ3v) is 1.75. The van der Waals surface area contributed by atoms with Gasteiger partial charge in [-0.15, -0.1) is 0 Å². The van der Waals surface area contributed by atoms with Crippen molar-refractivity contribution < 1.29 is 5.11 Å². The van der Waals surface area contributed by atoms with E-state index in [0.29, 0.717) is 13.1 Å². The molecule has 0 aliphatic carbocycles. The molecule has 0 heterocycles. The summed E-state index contributed by atoms with van der Waals surface area (Å²) in [6, 6.07) is 0.